The minimum atomic E-state index is 1.14. The van der Waals surface area contributed by atoms with Crippen LogP contribution >= 0.6 is 22.7 Å². The van der Waals surface area contributed by atoms with Gasteiger partial charge in [0.15, 0.2) is 0 Å². The van der Waals surface area contributed by atoms with Crippen LogP contribution in [0.5, 0.6) is 0 Å². The molecule has 0 aliphatic heterocycles. The largest absolute Gasteiger partial charge is 0.309 e. The molecule has 8 aromatic carbocycles. The molecule has 0 bridgehead atoms. The van der Waals surface area contributed by atoms with Gasteiger partial charge in [-0.1, -0.05) is 115 Å². The number of para-hydroxylation sites is 1. The van der Waals surface area contributed by atoms with Crippen LogP contribution in [-0.4, -0.2) is 0 Å². The molecule has 47 heavy (non-hydrogen) atoms. The van der Waals surface area contributed by atoms with E-state index in [0.717, 1.165) is 11.4 Å². The van der Waals surface area contributed by atoms with Gasteiger partial charge in [0.1, 0.15) is 0 Å². The first-order chi connectivity index (χ1) is 23.3. The Bertz CT molecular complexity index is 2790. The summed E-state index contributed by atoms with van der Waals surface area (Å²) in [5.74, 6) is 0. The van der Waals surface area contributed by atoms with Crippen LogP contribution in [0.2, 0.25) is 0 Å². The van der Waals surface area contributed by atoms with Gasteiger partial charge < -0.3 is 4.90 Å². The van der Waals surface area contributed by atoms with Crippen molar-refractivity contribution in [3.63, 3.8) is 0 Å². The second kappa shape index (κ2) is 10.5. The summed E-state index contributed by atoms with van der Waals surface area (Å²) in [7, 11) is 0. The lowest BCUT2D eigenvalue weighted by Crippen LogP contribution is -2.09. The molecule has 0 N–H and O–H groups in total. The molecule has 10 aromatic rings. The van der Waals surface area contributed by atoms with Gasteiger partial charge in [-0.25, -0.2) is 0 Å². The molecular formula is C44H27NS2. The number of hydrogen-bond donors (Lipinski definition) is 0. The summed E-state index contributed by atoms with van der Waals surface area (Å²) in [6.07, 6.45) is 0. The highest BCUT2D eigenvalue weighted by Gasteiger charge is 2.20. The van der Waals surface area contributed by atoms with E-state index in [9.17, 15) is 0 Å². The molecule has 2 heterocycles. The van der Waals surface area contributed by atoms with E-state index in [1.54, 1.807) is 0 Å². The van der Waals surface area contributed by atoms with Crippen LogP contribution in [0.15, 0.2) is 164 Å². The third kappa shape index (κ3) is 4.21. The van der Waals surface area contributed by atoms with Crippen LogP contribution in [0, 0.1) is 0 Å². The topological polar surface area (TPSA) is 3.24 Å². The molecular weight excluding hydrogens is 607 g/mol. The van der Waals surface area contributed by atoms with E-state index in [2.05, 4.69) is 169 Å². The monoisotopic (exact) mass is 633 g/mol. The molecule has 0 unspecified atom stereocenters. The maximum atomic E-state index is 2.41. The second-order valence-electron chi connectivity index (χ2n) is 12.1. The number of hydrogen-bond acceptors (Lipinski definition) is 3. The maximum Gasteiger partial charge on any atom is 0.0640 e. The van der Waals surface area contributed by atoms with Crippen LogP contribution in [0.25, 0.3) is 73.0 Å². The molecule has 0 spiro atoms. The molecule has 1 nitrogen and oxygen atoms in total. The lowest BCUT2D eigenvalue weighted by atomic mass is 10.0. The molecule has 10 rings (SSSR count). The average Bonchev–Trinajstić information content (AvgIpc) is 3.71. The van der Waals surface area contributed by atoms with Crippen LogP contribution in [0.1, 0.15) is 0 Å². The number of thiophene rings is 2. The van der Waals surface area contributed by atoms with Crippen LogP contribution in [0.3, 0.4) is 0 Å². The minimum absolute atomic E-state index is 1.14. The van der Waals surface area contributed by atoms with Crippen molar-refractivity contribution in [2.45, 2.75) is 0 Å². The van der Waals surface area contributed by atoms with E-state index in [1.165, 1.54) is 78.7 Å². The number of rotatable bonds is 4. The Balaban J connectivity index is 1.17. The Morgan fingerprint density at radius 3 is 1.77 bits per heavy atom. The molecule has 3 heteroatoms. The summed E-state index contributed by atoms with van der Waals surface area (Å²) in [6.45, 7) is 0. The summed E-state index contributed by atoms with van der Waals surface area (Å²) in [5.41, 5.74) is 5.93. The van der Waals surface area contributed by atoms with Gasteiger partial charge in [-0.3, -0.25) is 0 Å². The lowest BCUT2D eigenvalue weighted by molar-refractivity contribution is 1.30. The van der Waals surface area contributed by atoms with Gasteiger partial charge >= 0.3 is 0 Å². The predicted molar refractivity (Wildman–Crippen MR) is 207 cm³/mol. The van der Waals surface area contributed by atoms with Crippen molar-refractivity contribution in [1.29, 1.82) is 0 Å². The first-order valence-corrected chi connectivity index (χ1v) is 17.6. The van der Waals surface area contributed by atoms with Crippen molar-refractivity contribution < 1.29 is 0 Å². The first kappa shape index (κ1) is 26.7. The van der Waals surface area contributed by atoms with Gasteiger partial charge in [0.25, 0.3) is 0 Å². The summed E-state index contributed by atoms with van der Waals surface area (Å²) in [5, 5.41) is 10.6. The fourth-order valence-corrected chi connectivity index (χ4v) is 9.68. The normalized spacial score (nSPS) is 11.8. The van der Waals surface area contributed by atoms with E-state index in [-0.39, 0.29) is 0 Å². The Labute approximate surface area is 280 Å². The van der Waals surface area contributed by atoms with Gasteiger partial charge in [0.2, 0.25) is 0 Å². The van der Waals surface area contributed by atoms with Gasteiger partial charge in [-0.05, 0) is 81.2 Å². The van der Waals surface area contributed by atoms with E-state index < -0.39 is 0 Å². The number of anilines is 3. The number of nitrogens with zero attached hydrogens (tertiary/aromatic N) is 1. The number of benzene rings is 8. The average molecular weight is 634 g/mol. The van der Waals surface area contributed by atoms with Crippen molar-refractivity contribution in [3.8, 4) is 11.1 Å². The van der Waals surface area contributed by atoms with Crippen molar-refractivity contribution in [2.75, 3.05) is 4.90 Å². The third-order valence-corrected chi connectivity index (χ3v) is 11.8. The van der Waals surface area contributed by atoms with Gasteiger partial charge in [-0.2, -0.15) is 0 Å². The van der Waals surface area contributed by atoms with Crippen molar-refractivity contribution >= 4 is 102 Å². The van der Waals surface area contributed by atoms with E-state index >= 15 is 0 Å². The van der Waals surface area contributed by atoms with Crippen molar-refractivity contribution in [2.24, 2.45) is 0 Å². The second-order valence-corrected chi connectivity index (χ2v) is 14.2. The molecule has 0 saturated heterocycles. The van der Waals surface area contributed by atoms with Gasteiger partial charge in [0.05, 0.1) is 10.4 Å². The molecule has 0 aliphatic rings. The molecule has 0 aliphatic carbocycles. The first-order valence-electron chi connectivity index (χ1n) is 15.9. The zero-order valence-electron chi connectivity index (χ0n) is 25.4. The maximum absolute atomic E-state index is 2.41. The van der Waals surface area contributed by atoms with Crippen molar-refractivity contribution in [1.82, 2.24) is 0 Å². The van der Waals surface area contributed by atoms with E-state index in [1.807, 2.05) is 22.7 Å². The third-order valence-electron chi connectivity index (χ3n) is 9.43. The Morgan fingerprint density at radius 2 is 0.957 bits per heavy atom. The standard InChI is InChI=1S/C44H27NS2/c1-2-12-33(13-3-1)45(34-22-19-29(20-23-34)32-18-17-28-9-4-5-11-31(28)27-32)38-16-8-15-36-41-40(47-44(36)38)26-25-39-42(41)37-24-21-30-10-6-7-14-35(30)43(37)46-39/h1-27H. The number of fused-ring (bicyclic) bond motifs is 10. The lowest BCUT2D eigenvalue weighted by Gasteiger charge is -2.26. The fourth-order valence-electron chi connectivity index (χ4n) is 7.22. The Morgan fingerprint density at radius 1 is 0.362 bits per heavy atom. The van der Waals surface area contributed by atoms with E-state index in [0.29, 0.717) is 0 Å². The molecule has 0 radical (unpaired) electrons. The SMILES string of the molecule is c1ccc(N(c2ccc(-c3ccc4ccccc4c3)cc2)c2cccc3c2sc2ccc4sc5c6ccccc6ccc5c4c23)cc1. The zero-order chi connectivity index (χ0) is 30.9. The van der Waals surface area contributed by atoms with Crippen LogP contribution < -0.4 is 4.90 Å². The highest BCUT2D eigenvalue weighted by Crippen LogP contribution is 2.49. The van der Waals surface area contributed by atoms with E-state index in [4.69, 9.17) is 0 Å². The van der Waals surface area contributed by atoms with Gasteiger partial charge in [-0.15, -0.1) is 22.7 Å². The van der Waals surface area contributed by atoms with Crippen LogP contribution in [-0.2, 0) is 0 Å². The smallest absolute Gasteiger partial charge is 0.0640 e. The van der Waals surface area contributed by atoms with Crippen molar-refractivity contribution in [3.05, 3.63) is 164 Å². The highest BCUT2D eigenvalue weighted by molar-refractivity contribution is 7.28. The Hall–Kier alpha value is -5.48. The summed E-state index contributed by atoms with van der Waals surface area (Å²) in [4.78, 5) is 2.41. The Kier molecular flexibility index (Phi) is 5.98. The van der Waals surface area contributed by atoms with Gasteiger partial charge in [0, 0.05) is 47.0 Å². The molecule has 0 amide bonds. The molecule has 0 fully saturated rings. The summed E-state index contributed by atoms with van der Waals surface area (Å²) < 4.78 is 5.35. The summed E-state index contributed by atoms with van der Waals surface area (Å²) >= 11 is 3.82. The molecule has 2 aromatic heterocycles. The highest BCUT2D eigenvalue weighted by atomic mass is 32.1. The zero-order valence-corrected chi connectivity index (χ0v) is 27.0. The summed E-state index contributed by atoms with van der Waals surface area (Å²) in [6, 6.07) is 59.9. The quantitative estimate of drug-likeness (QED) is 0.186. The molecule has 0 atom stereocenters. The van der Waals surface area contributed by atoms with Crippen LogP contribution in [0.4, 0.5) is 17.1 Å². The molecule has 0 saturated carbocycles. The fraction of sp³-hybridized carbons (Fsp3) is 0. The minimum Gasteiger partial charge on any atom is -0.309 e. The molecule has 220 valence electrons. The predicted octanol–water partition coefficient (Wildman–Crippen LogP) is 13.9.